The van der Waals surface area contributed by atoms with Gasteiger partial charge in [0.15, 0.2) is 0 Å². The van der Waals surface area contributed by atoms with Crippen molar-refractivity contribution in [2.45, 2.75) is 23.6 Å². The number of rotatable bonds is 10. The van der Waals surface area contributed by atoms with Crippen molar-refractivity contribution in [2.75, 3.05) is 20.1 Å². The topological polar surface area (TPSA) is 208 Å². The van der Waals surface area contributed by atoms with E-state index < -0.39 is 38.0 Å². The predicted octanol–water partition coefficient (Wildman–Crippen LogP) is 7.25. The van der Waals surface area contributed by atoms with Crippen LogP contribution in [0.2, 0.25) is 0 Å². The molecular formula is C37H30N4O9S2. The molecule has 0 bridgehead atoms. The first-order valence-electron chi connectivity index (χ1n) is 15.5. The van der Waals surface area contributed by atoms with E-state index in [1.165, 1.54) is 60.7 Å². The van der Waals surface area contributed by atoms with E-state index in [1.54, 1.807) is 62.4 Å². The van der Waals surface area contributed by atoms with Crippen molar-refractivity contribution < 1.29 is 41.4 Å². The van der Waals surface area contributed by atoms with Crippen molar-refractivity contribution in [3.05, 3.63) is 131 Å². The molecule has 2 amide bonds. The van der Waals surface area contributed by atoms with Crippen LogP contribution in [0.15, 0.2) is 119 Å². The molecule has 0 aliphatic heterocycles. The van der Waals surface area contributed by atoms with E-state index in [2.05, 4.69) is 20.1 Å². The second-order valence-corrected chi connectivity index (χ2v) is 15.3. The van der Waals surface area contributed by atoms with E-state index in [0.717, 1.165) is 0 Å². The summed E-state index contributed by atoms with van der Waals surface area (Å²) in [7, 11) is -8.19. The Hall–Kier alpha value is -6.45. The third kappa shape index (κ3) is 7.65. The summed E-state index contributed by atoms with van der Waals surface area (Å²) in [5, 5.41) is 26.6. The number of aryl methyl sites for hydroxylation is 2. The summed E-state index contributed by atoms with van der Waals surface area (Å²) < 4.78 is 57.5. The number of sulfonamides is 2. The van der Waals surface area contributed by atoms with E-state index in [4.69, 9.17) is 0 Å². The first kappa shape index (κ1) is 35.4. The number of benzene rings is 6. The molecule has 52 heavy (non-hydrogen) atoms. The maximum atomic E-state index is 13.2. The van der Waals surface area contributed by atoms with Crippen LogP contribution in [0.5, 0.6) is 0 Å². The zero-order valence-corrected chi connectivity index (χ0v) is 29.1. The van der Waals surface area contributed by atoms with Gasteiger partial charge >= 0.3 is 18.0 Å². The molecular weight excluding hydrogens is 709 g/mol. The molecule has 0 radical (unpaired) electrons. The molecule has 6 rings (SSSR count). The lowest BCUT2D eigenvalue weighted by molar-refractivity contribution is 0.0685. The molecule has 0 atom stereocenters. The van der Waals surface area contributed by atoms with Gasteiger partial charge < -0.3 is 20.8 Å². The minimum absolute atomic E-state index is 0.0285. The Morgan fingerprint density at radius 3 is 1.21 bits per heavy atom. The number of nitrogens with one attached hydrogen (secondary N) is 4. The van der Waals surface area contributed by atoms with Crippen LogP contribution in [0.3, 0.4) is 0 Å². The SMILES string of the molecule is Cc1ccc(NS(=O)(=O)c2ccc3ccc(NC(=O)Nc4ccc5ccc(S(=O)(=O)Nc6ccc(C)c(C(=O)O)c6)cc5c4)cc3c2)cc1C(=O)O. The van der Waals surface area contributed by atoms with Gasteiger partial charge in [-0.2, -0.15) is 0 Å². The smallest absolute Gasteiger partial charge is 0.336 e. The zero-order valence-electron chi connectivity index (χ0n) is 27.5. The molecule has 0 aromatic heterocycles. The summed E-state index contributed by atoms with van der Waals surface area (Å²) in [6, 6.07) is 26.7. The number of anilines is 4. The van der Waals surface area contributed by atoms with E-state index in [1.807, 2.05) is 0 Å². The molecule has 0 heterocycles. The van der Waals surface area contributed by atoms with Crippen LogP contribution >= 0.6 is 0 Å². The van der Waals surface area contributed by atoms with Gasteiger partial charge in [-0.05, 0) is 119 Å². The summed E-state index contributed by atoms with van der Waals surface area (Å²) in [6.07, 6.45) is 0. The van der Waals surface area contributed by atoms with Gasteiger partial charge in [-0.1, -0.05) is 36.4 Å². The van der Waals surface area contributed by atoms with Crippen LogP contribution < -0.4 is 20.1 Å². The highest BCUT2D eigenvalue weighted by Crippen LogP contribution is 2.27. The number of carboxylic acids is 2. The van der Waals surface area contributed by atoms with Gasteiger partial charge in [-0.3, -0.25) is 9.44 Å². The van der Waals surface area contributed by atoms with Crippen molar-refractivity contribution >= 4 is 82.3 Å². The molecule has 0 saturated carbocycles. The summed E-state index contributed by atoms with van der Waals surface area (Å²) in [4.78, 5) is 35.8. The quantitative estimate of drug-likeness (QED) is 0.0835. The molecule has 0 fully saturated rings. The fourth-order valence-electron chi connectivity index (χ4n) is 5.49. The van der Waals surface area contributed by atoms with Crippen molar-refractivity contribution in [2.24, 2.45) is 0 Å². The number of fused-ring (bicyclic) bond motifs is 2. The van der Waals surface area contributed by atoms with Crippen molar-refractivity contribution in [3.63, 3.8) is 0 Å². The molecule has 6 N–H and O–H groups in total. The third-order valence-corrected chi connectivity index (χ3v) is 11.0. The van der Waals surface area contributed by atoms with Crippen LogP contribution in [0.4, 0.5) is 27.5 Å². The number of amides is 2. The maximum Gasteiger partial charge on any atom is 0.336 e. The predicted molar refractivity (Wildman–Crippen MR) is 198 cm³/mol. The van der Waals surface area contributed by atoms with E-state index >= 15 is 0 Å². The standard InChI is InChI=1S/C37H30N4O9S2/c1-21-3-9-29(19-33(21)35(42)43)40-51(47,48)31-13-7-23-5-11-27(15-25(23)17-31)38-37(46)39-28-12-6-24-8-14-32(18-26(24)16-28)52(49,50)41-30-10-4-22(2)34(20-30)36(44)45/h3-20,40-41H,1-2H3,(H,42,43)(H,44,45)(H2,38,39,46). The van der Waals surface area contributed by atoms with Gasteiger partial charge in [-0.25, -0.2) is 31.2 Å². The molecule has 264 valence electrons. The number of hydrogen-bond donors (Lipinski definition) is 6. The maximum absolute atomic E-state index is 13.2. The van der Waals surface area contributed by atoms with E-state index in [-0.39, 0.29) is 32.3 Å². The van der Waals surface area contributed by atoms with Gasteiger partial charge in [0.2, 0.25) is 0 Å². The minimum Gasteiger partial charge on any atom is -0.478 e. The Bertz CT molecular complexity index is 2500. The molecule has 6 aromatic rings. The van der Waals surface area contributed by atoms with Crippen LogP contribution in [0.25, 0.3) is 21.5 Å². The molecule has 0 aliphatic rings. The van der Waals surface area contributed by atoms with Crippen LogP contribution in [-0.4, -0.2) is 45.0 Å². The Labute approximate surface area is 298 Å². The number of carbonyl (C=O) groups is 3. The van der Waals surface area contributed by atoms with E-state index in [0.29, 0.717) is 44.0 Å². The van der Waals surface area contributed by atoms with Gasteiger partial charge in [0, 0.05) is 22.7 Å². The van der Waals surface area contributed by atoms with Gasteiger partial charge in [0.25, 0.3) is 20.0 Å². The average Bonchev–Trinajstić information content (AvgIpc) is 3.08. The third-order valence-electron chi connectivity index (χ3n) is 8.20. The van der Waals surface area contributed by atoms with Gasteiger partial charge in [-0.15, -0.1) is 0 Å². The molecule has 0 saturated heterocycles. The molecule has 13 nitrogen and oxygen atoms in total. The lowest BCUT2D eigenvalue weighted by Crippen LogP contribution is -2.19. The minimum atomic E-state index is -4.10. The Balaban J connectivity index is 1.17. The molecule has 15 heteroatoms. The fraction of sp³-hybridized carbons (Fsp3) is 0.0541. The summed E-state index contributed by atoms with van der Waals surface area (Å²) in [5.41, 5.74) is 1.82. The first-order valence-corrected chi connectivity index (χ1v) is 18.4. The van der Waals surface area contributed by atoms with Gasteiger partial charge in [0.05, 0.1) is 20.9 Å². The van der Waals surface area contributed by atoms with Crippen molar-refractivity contribution in [1.29, 1.82) is 0 Å². The Kier molecular flexibility index (Phi) is 9.32. The highest BCUT2D eigenvalue weighted by molar-refractivity contribution is 7.93. The highest BCUT2D eigenvalue weighted by atomic mass is 32.2. The van der Waals surface area contributed by atoms with Crippen LogP contribution in [0.1, 0.15) is 31.8 Å². The number of urea groups is 1. The number of carboxylic acid groups (broad SMARTS) is 2. The zero-order chi connectivity index (χ0) is 37.4. The highest BCUT2D eigenvalue weighted by Gasteiger charge is 2.19. The number of aromatic carboxylic acids is 2. The lowest BCUT2D eigenvalue weighted by Gasteiger charge is -2.12. The Morgan fingerprint density at radius 1 is 0.462 bits per heavy atom. The summed E-state index contributed by atoms with van der Waals surface area (Å²) in [6.45, 7) is 3.22. The van der Waals surface area contributed by atoms with Crippen molar-refractivity contribution in [1.82, 2.24) is 0 Å². The second kappa shape index (κ2) is 13.7. The number of carbonyl (C=O) groups excluding carboxylic acids is 1. The number of hydrogen-bond acceptors (Lipinski definition) is 7. The molecule has 6 aromatic carbocycles. The molecule has 0 unspecified atom stereocenters. The first-order chi connectivity index (χ1) is 24.6. The monoisotopic (exact) mass is 738 g/mol. The van der Waals surface area contributed by atoms with Crippen LogP contribution in [0, 0.1) is 13.8 Å². The molecule has 0 aliphatic carbocycles. The van der Waals surface area contributed by atoms with E-state index in [9.17, 15) is 41.4 Å². The normalized spacial score (nSPS) is 11.6. The fourth-order valence-corrected chi connectivity index (χ4v) is 7.66. The van der Waals surface area contributed by atoms with Crippen molar-refractivity contribution in [3.8, 4) is 0 Å². The lowest BCUT2D eigenvalue weighted by atomic mass is 10.1. The second-order valence-electron chi connectivity index (χ2n) is 11.9. The largest absolute Gasteiger partial charge is 0.478 e. The summed E-state index contributed by atoms with van der Waals surface area (Å²) in [5.74, 6) is -2.36. The average molecular weight is 739 g/mol. The Morgan fingerprint density at radius 2 is 0.827 bits per heavy atom. The molecule has 0 spiro atoms. The van der Waals surface area contributed by atoms with Gasteiger partial charge in [0.1, 0.15) is 0 Å². The van der Waals surface area contributed by atoms with Crippen LogP contribution in [-0.2, 0) is 20.0 Å². The summed E-state index contributed by atoms with van der Waals surface area (Å²) >= 11 is 0.